The topological polar surface area (TPSA) is 79.4 Å². The van der Waals surface area contributed by atoms with E-state index in [1.807, 2.05) is 6.07 Å². The second kappa shape index (κ2) is 4.47. The third-order valence-corrected chi connectivity index (χ3v) is 3.04. The van der Waals surface area contributed by atoms with E-state index >= 15 is 0 Å². The van der Waals surface area contributed by atoms with Crippen LogP contribution >= 0.6 is 22.9 Å². The maximum atomic E-state index is 8.70. The molecule has 2 aromatic rings. The Labute approximate surface area is 101 Å². The number of rotatable bonds is 3. The fourth-order valence-electron chi connectivity index (χ4n) is 1.07. The minimum Gasteiger partial charge on any atom is -0.354 e. The number of halogens is 1. The molecule has 0 amide bonds. The molecule has 8 heteroatoms. The highest BCUT2D eigenvalue weighted by Gasteiger charge is 2.08. The lowest BCUT2D eigenvalue weighted by molar-refractivity contribution is 0.747. The summed E-state index contributed by atoms with van der Waals surface area (Å²) in [6.07, 6.45) is 1.62. The van der Waals surface area contributed by atoms with Crippen LogP contribution in [0.15, 0.2) is 6.33 Å². The monoisotopic (exact) mass is 254 g/mol. The molecule has 0 aliphatic rings. The molecule has 0 saturated heterocycles. The van der Waals surface area contributed by atoms with Crippen molar-refractivity contribution in [3.05, 3.63) is 22.2 Å². The van der Waals surface area contributed by atoms with Crippen LogP contribution in [0.4, 0.5) is 5.13 Å². The molecule has 1 N–H and O–H groups in total. The molecule has 0 unspecified atom stereocenters. The van der Waals surface area contributed by atoms with Crippen LogP contribution in [0.5, 0.6) is 0 Å². The molecular weight excluding hydrogens is 248 g/mol. The summed E-state index contributed by atoms with van der Waals surface area (Å²) in [6.45, 7) is 0.454. The van der Waals surface area contributed by atoms with Gasteiger partial charge in [0.05, 0.1) is 6.54 Å². The van der Waals surface area contributed by atoms with Crippen molar-refractivity contribution in [2.45, 2.75) is 6.54 Å². The molecule has 0 atom stereocenters. The van der Waals surface area contributed by atoms with Gasteiger partial charge < -0.3 is 5.32 Å². The summed E-state index contributed by atoms with van der Waals surface area (Å²) in [5, 5.41) is 16.6. The highest BCUT2D eigenvalue weighted by molar-refractivity contribution is 7.16. The molecule has 2 rings (SSSR count). The van der Waals surface area contributed by atoms with Gasteiger partial charge in [0.15, 0.2) is 16.1 Å². The Morgan fingerprint density at radius 3 is 3.06 bits per heavy atom. The number of nitriles is 1. The Morgan fingerprint density at radius 2 is 2.50 bits per heavy atom. The van der Waals surface area contributed by atoms with E-state index in [0.717, 1.165) is 0 Å². The lowest BCUT2D eigenvalue weighted by atomic mass is 10.6. The van der Waals surface area contributed by atoms with Crippen molar-refractivity contribution in [2.24, 2.45) is 7.05 Å². The molecule has 6 nitrogen and oxygen atoms in total. The summed E-state index contributed by atoms with van der Waals surface area (Å²) in [6, 6.07) is 1.97. The van der Waals surface area contributed by atoms with Crippen LogP contribution in [0.1, 0.15) is 10.7 Å². The Bertz CT molecular complexity index is 539. The Hall–Kier alpha value is -1.65. The minimum absolute atomic E-state index is 0.226. The van der Waals surface area contributed by atoms with Gasteiger partial charge in [-0.15, -0.1) is 0 Å². The van der Waals surface area contributed by atoms with E-state index in [4.69, 9.17) is 16.9 Å². The lowest BCUT2D eigenvalue weighted by Crippen LogP contribution is -2.01. The van der Waals surface area contributed by atoms with Crippen molar-refractivity contribution in [2.75, 3.05) is 5.32 Å². The number of anilines is 1. The van der Waals surface area contributed by atoms with Crippen molar-refractivity contribution in [1.82, 2.24) is 19.7 Å². The van der Waals surface area contributed by atoms with Gasteiger partial charge in [0.2, 0.25) is 0 Å². The second-order valence-corrected chi connectivity index (χ2v) is 4.30. The molecule has 0 spiro atoms. The quantitative estimate of drug-likeness (QED) is 0.896. The molecule has 0 aliphatic carbocycles. The number of aromatic nitrogens is 4. The van der Waals surface area contributed by atoms with Crippen molar-refractivity contribution >= 4 is 28.1 Å². The van der Waals surface area contributed by atoms with Gasteiger partial charge in [-0.05, 0) is 0 Å². The number of nitrogens with zero attached hydrogens (tertiary/aromatic N) is 5. The summed E-state index contributed by atoms with van der Waals surface area (Å²) in [5.41, 5.74) is 0. The largest absolute Gasteiger partial charge is 0.354 e. The molecule has 2 heterocycles. The molecule has 0 radical (unpaired) electrons. The molecular formula is C8H7ClN6S. The summed E-state index contributed by atoms with van der Waals surface area (Å²) in [5.74, 6) is 0.660. The maximum absolute atomic E-state index is 8.70. The third-order valence-electron chi connectivity index (χ3n) is 1.73. The molecule has 82 valence electrons. The molecule has 16 heavy (non-hydrogen) atoms. The van der Waals surface area contributed by atoms with Crippen molar-refractivity contribution in [3.8, 4) is 6.07 Å². The summed E-state index contributed by atoms with van der Waals surface area (Å²) < 4.78 is 1.62. The molecule has 0 aromatic carbocycles. The van der Waals surface area contributed by atoms with Gasteiger partial charge in [0.25, 0.3) is 0 Å². The first-order valence-electron chi connectivity index (χ1n) is 4.34. The fourth-order valence-corrected chi connectivity index (χ4v) is 2.01. The van der Waals surface area contributed by atoms with Crippen LogP contribution in [-0.2, 0) is 13.6 Å². The predicted octanol–water partition coefficient (Wildman–Crippen LogP) is 1.41. The first-order valence-corrected chi connectivity index (χ1v) is 5.53. The maximum Gasteiger partial charge on any atom is 0.185 e. The molecule has 0 fully saturated rings. The van der Waals surface area contributed by atoms with Crippen LogP contribution in [0.3, 0.4) is 0 Å². The van der Waals surface area contributed by atoms with Gasteiger partial charge in [-0.1, -0.05) is 22.9 Å². The third kappa shape index (κ3) is 2.29. The van der Waals surface area contributed by atoms with E-state index in [0.29, 0.717) is 22.4 Å². The Kier molecular flexibility index (Phi) is 3.03. The highest BCUT2D eigenvalue weighted by atomic mass is 35.5. The van der Waals surface area contributed by atoms with Gasteiger partial charge in [0.1, 0.15) is 17.3 Å². The standard InChI is InChI=1S/C8H7ClN6S/c1-15-4-12-6(14-15)3-11-8-13-7(9)5(2-10)16-8/h4H,3H2,1H3,(H,11,13). The Balaban J connectivity index is 2.02. The van der Waals surface area contributed by atoms with Crippen molar-refractivity contribution in [1.29, 1.82) is 5.26 Å². The van der Waals surface area contributed by atoms with Crippen LogP contribution in [0.25, 0.3) is 0 Å². The predicted molar refractivity (Wildman–Crippen MR) is 60.2 cm³/mol. The van der Waals surface area contributed by atoms with Crippen LogP contribution in [0, 0.1) is 11.3 Å². The van der Waals surface area contributed by atoms with Crippen molar-refractivity contribution in [3.63, 3.8) is 0 Å². The highest BCUT2D eigenvalue weighted by Crippen LogP contribution is 2.25. The second-order valence-electron chi connectivity index (χ2n) is 2.94. The average Bonchev–Trinajstić information content (AvgIpc) is 2.82. The minimum atomic E-state index is 0.226. The van der Waals surface area contributed by atoms with E-state index in [-0.39, 0.29) is 5.15 Å². The van der Waals surface area contributed by atoms with E-state index in [1.165, 1.54) is 11.3 Å². The van der Waals surface area contributed by atoms with E-state index in [1.54, 1.807) is 18.1 Å². The zero-order valence-electron chi connectivity index (χ0n) is 8.31. The molecule has 0 bridgehead atoms. The zero-order chi connectivity index (χ0) is 11.5. The average molecular weight is 255 g/mol. The molecule has 0 aliphatic heterocycles. The number of thiazole rings is 1. The summed E-state index contributed by atoms with van der Waals surface area (Å²) in [7, 11) is 1.80. The van der Waals surface area contributed by atoms with E-state index in [2.05, 4.69) is 20.4 Å². The van der Waals surface area contributed by atoms with Gasteiger partial charge in [-0.3, -0.25) is 4.68 Å². The van der Waals surface area contributed by atoms with Gasteiger partial charge in [-0.25, -0.2) is 9.97 Å². The van der Waals surface area contributed by atoms with E-state index < -0.39 is 0 Å². The van der Waals surface area contributed by atoms with E-state index in [9.17, 15) is 0 Å². The summed E-state index contributed by atoms with van der Waals surface area (Å²) >= 11 is 6.94. The smallest absolute Gasteiger partial charge is 0.185 e. The normalized spacial score (nSPS) is 10.1. The van der Waals surface area contributed by atoms with Crippen LogP contribution in [-0.4, -0.2) is 19.7 Å². The SMILES string of the molecule is Cn1cnc(CNc2nc(Cl)c(C#N)s2)n1. The number of hydrogen-bond donors (Lipinski definition) is 1. The van der Waals surface area contributed by atoms with Gasteiger partial charge in [0, 0.05) is 7.05 Å². The van der Waals surface area contributed by atoms with Crippen molar-refractivity contribution < 1.29 is 0 Å². The first-order chi connectivity index (χ1) is 7.69. The lowest BCUT2D eigenvalue weighted by Gasteiger charge is -1.96. The number of hydrogen-bond acceptors (Lipinski definition) is 6. The number of nitrogens with one attached hydrogen (secondary N) is 1. The fraction of sp³-hybridized carbons (Fsp3) is 0.250. The zero-order valence-corrected chi connectivity index (χ0v) is 9.88. The Morgan fingerprint density at radius 1 is 1.69 bits per heavy atom. The van der Waals surface area contributed by atoms with Gasteiger partial charge >= 0.3 is 0 Å². The van der Waals surface area contributed by atoms with Crippen LogP contribution < -0.4 is 5.32 Å². The molecule has 2 aromatic heterocycles. The first kappa shape index (κ1) is 10.9. The van der Waals surface area contributed by atoms with Crippen LogP contribution in [0.2, 0.25) is 5.15 Å². The van der Waals surface area contributed by atoms with Gasteiger partial charge in [-0.2, -0.15) is 10.4 Å². The molecule has 0 saturated carbocycles. The number of aryl methyl sites for hydroxylation is 1. The summed E-state index contributed by atoms with van der Waals surface area (Å²) in [4.78, 5) is 8.44.